The Bertz CT molecular complexity index is 640. The van der Waals surface area contributed by atoms with Gasteiger partial charge in [-0.15, -0.1) is 5.10 Å². The maximum Gasteiger partial charge on any atom is 0.271 e. The van der Waals surface area contributed by atoms with Crippen LogP contribution in [0, 0.1) is 6.92 Å². The number of nitrogens with zero attached hydrogens (tertiary/aromatic N) is 3. The summed E-state index contributed by atoms with van der Waals surface area (Å²) in [6, 6.07) is 5.04. The fourth-order valence-electron chi connectivity index (χ4n) is 2.21. The molecule has 0 unspecified atom stereocenters. The van der Waals surface area contributed by atoms with Crippen LogP contribution in [0.15, 0.2) is 18.2 Å². The molecule has 112 valence electrons. The maximum atomic E-state index is 12.8. The van der Waals surface area contributed by atoms with E-state index in [1.807, 2.05) is 20.8 Å². The molecular formula is C15H19N3O2S. The molecule has 2 aromatic rings. The second kappa shape index (κ2) is 6.67. The van der Waals surface area contributed by atoms with E-state index in [0.29, 0.717) is 11.4 Å². The Balaban J connectivity index is 2.38. The molecule has 1 heterocycles. The van der Waals surface area contributed by atoms with Crippen molar-refractivity contribution in [2.45, 2.75) is 33.6 Å². The molecular weight excluding hydrogens is 286 g/mol. The Labute approximate surface area is 128 Å². The molecule has 0 fully saturated rings. The standard InChI is InChI=1S/C15H19N3O2S/c1-4-6-12-14(21-17-16-12)15(20)18(5-2)13-9-11(19)8-7-10(13)3/h7-9,19H,4-6H2,1-3H3. The number of hydrogen-bond donors (Lipinski definition) is 1. The number of anilines is 1. The summed E-state index contributed by atoms with van der Waals surface area (Å²) in [4.78, 5) is 15.0. The predicted molar refractivity (Wildman–Crippen MR) is 84.1 cm³/mol. The van der Waals surface area contributed by atoms with Crippen LogP contribution < -0.4 is 4.90 Å². The number of carbonyl (C=O) groups is 1. The van der Waals surface area contributed by atoms with Crippen LogP contribution in [0.4, 0.5) is 5.69 Å². The SMILES string of the molecule is CCCc1nnsc1C(=O)N(CC)c1cc(O)ccc1C. The first-order valence-corrected chi connectivity index (χ1v) is 7.78. The zero-order chi connectivity index (χ0) is 15.4. The first-order chi connectivity index (χ1) is 10.1. The maximum absolute atomic E-state index is 12.8. The topological polar surface area (TPSA) is 66.3 Å². The van der Waals surface area contributed by atoms with E-state index in [0.717, 1.165) is 41.3 Å². The summed E-state index contributed by atoms with van der Waals surface area (Å²) in [5.41, 5.74) is 2.42. The number of rotatable bonds is 5. The fraction of sp³-hybridized carbons (Fsp3) is 0.400. The third kappa shape index (κ3) is 3.21. The molecule has 0 aliphatic rings. The number of aromatic nitrogens is 2. The lowest BCUT2D eigenvalue weighted by atomic mass is 10.1. The molecule has 0 saturated carbocycles. The van der Waals surface area contributed by atoms with Gasteiger partial charge in [-0.05, 0) is 43.4 Å². The highest BCUT2D eigenvalue weighted by molar-refractivity contribution is 7.08. The minimum absolute atomic E-state index is 0.107. The van der Waals surface area contributed by atoms with Gasteiger partial charge in [0.05, 0.1) is 11.4 Å². The summed E-state index contributed by atoms with van der Waals surface area (Å²) >= 11 is 1.13. The van der Waals surface area contributed by atoms with Gasteiger partial charge < -0.3 is 10.0 Å². The van der Waals surface area contributed by atoms with E-state index in [9.17, 15) is 9.90 Å². The summed E-state index contributed by atoms with van der Waals surface area (Å²) in [5.74, 6) is 0.0442. The lowest BCUT2D eigenvalue weighted by Gasteiger charge is -2.22. The van der Waals surface area contributed by atoms with Crippen LogP contribution >= 0.6 is 11.5 Å². The van der Waals surface area contributed by atoms with E-state index >= 15 is 0 Å². The zero-order valence-electron chi connectivity index (χ0n) is 12.5. The van der Waals surface area contributed by atoms with E-state index in [2.05, 4.69) is 9.59 Å². The van der Waals surface area contributed by atoms with Crippen molar-refractivity contribution in [1.82, 2.24) is 9.59 Å². The molecule has 0 aliphatic heterocycles. The van der Waals surface area contributed by atoms with Crippen LogP contribution in [0.25, 0.3) is 0 Å². The summed E-state index contributed by atoms with van der Waals surface area (Å²) in [5, 5.41) is 13.7. The Kier molecular flexibility index (Phi) is 4.90. The Morgan fingerprint density at radius 1 is 1.38 bits per heavy atom. The molecule has 5 nitrogen and oxygen atoms in total. The van der Waals surface area contributed by atoms with E-state index in [1.165, 1.54) is 0 Å². The number of carbonyl (C=O) groups excluding carboxylic acids is 1. The Hall–Kier alpha value is -1.95. The van der Waals surface area contributed by atoms with Gasteiger partial charge in [-0.3, -0.25) is 4.79 Å². The van der Waals surface area contributed by atoms with Crippen molar-refractivity contribution < 1.29 is 9.90 Å². The molecule has 21 heavy (non-hydrogen) atoms. The molecule has 0 bridgehead atoms. The molecule has 0 aliphatic carbocycles. The number of amides is 1. The van der Waals surface area contributed by atoms with Crippen molar-refractivity contribution in [3.05, 3.63) is 34.3 Å². The molecule has 0 atom stereocenters. The molecule has 6 heteroatoms. The second-order valence-corrected chi connectivity index (χ2v) is 5.57. The van der Waals surface area contributed by atoms with Crippen molar-refractivity contribution in [3.63, 3.8) is 0 Å². The molecule has 2 rings (SSSR count). The van der Waals surface area contributed by atoms with Gasteiger partial charge in [0.15, 0.2) is 0 Å². The Morgan fingerprint density at radius 3 is 2.81 bits per heavy atom. The third-order valence-electron chi connectivity index (χ3n) is 3.28. The van der Waals surface area contributed by atoms with E-state index in [4.69, 9.17) is 0 Å². The van der Waals surface area contributed by atoms with Crippen molar-refractivity contribution in [2.24, 2.45) is 0 Å². The van der Waals surface area contributed by atoms with Crippen LogP contribution in [0.5, 0.6) is 5.75 Å². The lowest BCUT2D eigenvalue weighted by molar-refractivity contribution is 0.0991. The van der Waals surface area contributed by atoms with Gasteiger partial charge in [-0.2, -0.15) is 0 Å². The number of aryl methyl sites for hydroxylation is 2. The normalized spacial score (nSPS) is 10.6. The van der Waals surface area contributed by atoms with Crippen molar-refractivity contribution in [3.8, 4) is 5.75 Å². The zero-order valence-corrected chi connectivity index (χ0v) is 13.3. The monoisotopic (exact) mass is 305 g/mol. The number of hydrogen-bond acceptors (Lipinski definition) is 5. The highest BCUT2D eigenvalue weighted by Gasteiger charge is 2.23. The average molecular weight is 305 g/mol. The quantitative estimate of drug-likeness (QED) is 0.921. The van der Waals surface area contributed by atoms with Crippen molar-refractivity contribution in [2.75, 3.05) is 11.4 Å². The number of phenolic OH excluding ortho intramolecular Hbond substituents is 1. The molecule has 1 amide bonds. The minimum Gasteiger partial charge on any atom is -0.508 e. The van der Waals surface area contributed by atoms with E-state index in [1.54, 1.807) is 23.1 Å². The number of aromatic hydroxyl groups is 1. The minimum atomic E-state index is -0.107. The smallest absolute Gasteiger partial charge is 0.271 e. The lowest BCUT2D eigenvalue weighted by Crippen LogP contribution is -2.31. The molecule has 0 spiro atoms. The average Bonchev–Trinajstić information content (AvgIpc) is 2.92. The number of phenols is 1. The van der Waals surface area contributed by atoms with Crippen LogP contribution in [0.2, 0.25) is 0 Å². The van der Waals surface area contributed by atoms with Gasteiger partial charge in [-0.25, -0.2) is 0 Å². The number of benzene rings is 1. The van der Waals surface area contributed by atoms with Crippen molar-refractivity contribution in [1.29, 1.82) is 0 Å². The molecule has 1 aromatic carbocycles. The molecule has 1 aromatic heterocycles. The van der Waals surface area contributed by atoms with Gasteiger partial charge in [0.1, 0.15) is 10.6 Å². The molecule has 0 saturated heterocycles. The van der Waals surface area contributed by atoms with Crippen LogP contribution in [-0.4, -0.2) is 27.1 Å². The van der Waals surface area contributed by atoms with Crippen LogP contribution in [0.1, 0.15) is 41.2 Å². The largest absolute Gasteiger partial charge is 0.508 e. The van der Waals surface area contributed by atoms with Gasteiger partial charge in [0, 0.05) is 12.6 Å². The second-order valence-electron chi connectivity index (χ2n) is 4.82. The van der Waals surface area contributed by atoms with E-state index < -0.39 is 0 Å². The van der Waals surface area contributed by atoms with Crippen LogP contribution in [0.3, 0.4) is 0 Å². The van der Waals surface area contributed by atoms with E-state index in [-0.39, 0.29) is 11.7 Å². The van der Waals surface area contributed by atoms with Gasteiger partial charge in [0.25, 0.3) is 5.91 Å². The fourth-order valence-corrected chi connectivity index (χ4v) is 2.86. The summed E-state index contributed by atoms with van der Waals surface area (Å²) in [6.07, 6.45) is 1.66. The third-order valence-corrected chi connectivity index (χ3v) is 4.04. The van der Waals surface area contributed by atoms with Gasteiger partial charge >= 0.3 is 0 Å². The molecule has 1 N–H and O–H groups in total. The first kappa shape index (κ1) is 15.4. The molecule has 0 radical (unpaired) electrons. The first-order valence-electron chi connectivity index (χ1n) is 7.01. The van der Waals surface area contributed by atoms with Crippen molar-refractivity contribution >= 4 is 23.1 Å². The Morgan fingerprint density at radius 2 is 2.14 bits per heavy atom. The van der Waals surface area contributed by atoms with Gasteiger partial charge in [-0.1, -0.05) is 23.9 Å². The highest BCUT2D eigenvalue weighted by atomic mass is 32.1. The highest BCUT2D eigenvalue weighted by Crippen LogP contribution is 2.27. The summed E-state index contributed by atoms with van der Waals surface area (Å²) in [6.45, 7) is 6.40. The summed E-state index contributed by atoms with van der Waals surface area (Å²) in [7, 11) is 0. The van der Waals surface area contributed by atoms with Gasteiger partial charge in [0.2, 0.25) is 0 Å². The van der Waals surface area contributed by atoms with Crippen LogP contribution in [-0.2, 0) is 6.42 Å². The predicted octanol–water partition coefficient (Wildman–Crippen LogP) is 3.17. The summed E-state index contributed by atoms with van der Waals surface area (Å²) < 4.78 is 3.91.